The maximum atomic E-state index is 5.94. The van der Waals surface area contributed by atoms with Crippen molar-refractivity contribution in [1.29, 1.82) is 0 Å². The fourth-order valence-electron chi connectivity index (χ4n) is 2.52. The van der Waals surface area contributed by atoms with E-state index in [1.807, 2.05) is 6.07 Å². The number of rotatable bonds is 3. The number of fused-ring (bicyclic) bond motifs is 3. The van der Waals surface area contributed by atoms with Crippen molar-refractivity contribution in [3.05, 3.63) is 30.0 Å². The van der Waals surface area contributed by atoms with Gasteiger partial charge in [0.05, 0.1) is 24.4 Å². The van der Waals surface area contributed by atoms with Crippen LogP contribution in [0.25, 0.3) is 10.9 Å². The van der Waals surface area contributed by atoms with Gasteiger partial charge in [0.25, 0.3) is 0 Å². The third-order valence-corrected chi connectivity index (χ3v) is 3.63. The van der Waals surface area contributed by atoms with Crippen LogP contribution in [0.1, 0.15) is 18.7 Å². The van der Waals surface area contributed by atoms with Gasteiger partial charge in [0.2, 0.25) is 0 Å². The molecule has 0 amide bonds. The van der Waals surface area contributed by atoms with Gasteiger partial charge in [-0.1, -0.05) is 25.1 Å². The van der Waals surface area contributed by atoms with E-state index in [2.05, 4.69) is 46.9 Å². The summed E-state index contributed by atoms with van der Waals surface area (Å²) in [7, 11) is 2.13. The monoisotopic (exact) mass is 245 g/mol. The Labute approximate surface area is 107 Å². The van der Waals surface area contributed by atoms with Crippen LogP contribution in [0.4, 0.5) is 0 Å². The molecule has 0 radical (unpaired) electrons. The van der Waals surface area contributed by atoms with Crippen molar-refractivity contribution in [1.82, 2.24) is 14.7 Å². The van der Waals surface area contributed by atoms with Crippen molar-refractivity contribution in [2.24, 2.45) is 0 Å². The molecule has 0 fully saturated rings. The van der Waals surface area contributed by atoms with Gasteiger partial charge in [-0.25, -0.2) is 0 Å². The first-order valence-electron chi connectivity index (χ1n) is 6.55. The van der Waals surface area contributed by atoms with Crippen LogP contribution >= 0.6 is 0 Å². The van der Waals surface area contributed by atoms with Gasteiger partial charge in [-0.15, -0.1) is 0 Å². The lowest BCUT2D eigenvalue weighted by molar-refractivity contribution is 0.000555. The molecule has 1 aromatic heterocycles. The van der Waals surface area contributed by atoms with Crippen LogP contribution in [0, 0.1) is 0 Å². The van der Waals surface area contributed by atoms with Crippen molar-refractivity contribution in [2.75, 3.05) is 26.7 Å². The molecule has 0 unspecified atom stereocenters. The average Bonchev–Trinajstić information content (AvgIpc) is 2.78. The molecule has 0 saturated carbocycles. The van der Waals surface area contributed by atoms with Crippen molar-refractivity contribution in [2.45, 2.75) is 19.6 Å². The van der Waals surface area contributed by atoms with E-state index in [-0.39, 0.29) is 6.10 Å². The molecule has 1 aromatic carbocycles. The van der Waals surface area contributed by atoms with E-state index in [0.717, 1.165) is 31.8 Å². The van der Waals surface area contributed by atoms with Gasteiger partial charge in [0, 0.05) is 11.9 Å². The van der Waals surface area contributed by atoms with Gasteiger partial charge < -0.3 is 9.64 Å². The first-order chi connectivity index (χ1) is 8.79. The number of hydrogen-bond donors (Lipinski definition) is 0. The number of nitrogens with zero attached hydrogens (tertiary/aromatic N) is 3. The molecule has 96 valence electrons. The second-order valence-electron chi connectivity index (χ2n) is 4.84. The largest absolute Gasteiger partial charge is 0.369 e. The summed E-state index contributed by atoms with van der Waals surface area (Å²) in [5, 5.41) is 5.88. The van der Waals surface area contributed by atoms with Gasteiger partial charge in [-0.05, 0) is 19.7 Å². The molecule has 1 atom stereocenters. The summed E-state index contributed by atoms with van der Waals surface area (Å²) in [6.07, 6.45) is 0.135. The normalized spacial score (nSPS) is 19.4. The van der Waals surface area contributed by atoms with Gasteiger partial charge in [0.1, 0.15) is 6.10 Å². The molecule has 18 heavy (non-hydrogen) atoms. The predicted octanol–water partition coefficient (Wildman–Crippen LogP) is 2.06. The molecule has 1 aliphatic rings. The summed E-state index contributed by atoms with van der Waals surface area (Å²) < 4.78 is 8.05. The summed E-state index contributed by atoms with van der Waals surface area (Å²) in [6.45, 7) is 5.73. The highest BCUT2D eigenvalue weighted by Gasteiger charge is 2.25. The fraction of sp³-hybridized carbons (Fsp3) is 0.500. The highest BCUT2D eigenvalue weighted by molar-refractivity contribution is 5.82. The van der Waals surface area contributed by atoms with Crippen LogP contribution in [0.15, 0.2) is 24.3 Å². The summed E-state index contributed by atoms with van der Waals surface area (Å²) in [6, 6.07) is 8.32. The molecule has 2 heterocycles. The molecule has 0 bridgehead atoms. The number of benzene rings is 1. The molecule has 0 saturated heterocycles. The Morgan fingerprint density at radius 3 is 3.11 bits per heavy atom. The smallest absolute Gasteiger partial charge is 0.112 e. The zero-order valence-electron chi connectivity index (χ0n) is 11.0. The lowest BCUT2D eigenvalue weighted by Gasteiger charge is -2.28. The number of aromatic nitrogens is 2. The maximum absolute atomic E-state index is 5.94. The standard InChI is InChI=1S/C14H19N3O/c1-3-16(2)10-13-14-11-6-4-5-7-12(11)15-17(14)8-9-18-13/h4-7,13H,3,8-10H2,1-2H3/t13-/m1/s1. The van der Waals surface area contributed by atoms with Crippen LogP contribution in [0.3, 0.4) is 0 Å². The topological polar surface area (TPSA) is 30.3 Å². The highest BCUT2D eigenvalue weighted by atomic mass is 16.5. The Hall–Kier alpha value is -1.39. The van der Waals surface area contributed by atoms with Crippen molar-refractivity contribution >= 4 is 10.9 Å². The third-order valence-electron chi connectivity index (χ3n) is 3.63. The Kier molecular flexibility index (Phi) is 3.06. The lowest BCUT2D eigenvalue weighted by atomic mass is 10.1. The van der Waals surface area contributed by atoms with Crippen molar-refractivity contribution in [3.8, 4) is 0 Å². The van der Waals surface area contributed by atoms with Crippen molar-refractivity contribution in [3.63, 3.8) is 0 Å². The Morgan fingerprint density at radius 2 is 2.28 bits per heavy atom. The first kappa shape index (κ1) is 11.7. The Balaban J connectivity index is 2.03. The summed E-state index contributed by atoms with van der Waals surface area (Å²) in [5.74, 6) is 0. The number of likely N-dealkylation sites (N-methyl/N-ethyl adjacent to an activating group) is 1. The molecular formula is C14H19N3O. The zero-order valence-corrected chi connectivity index (χ0v) is 11.0. The molecule has 0 N–H and O–H groups in total. The second-order valence-corrected chi connectivity index (χ2v) is 4.84. The molecule has 3 rings (SSSR count). The molecule has 0 aliphatic carbocycles. The predicted molar refractivity (Wildman–Crippen MR) is 71.6 cm³/mol. The Bertz CT molecular complexity index is 549. The van der Waals surface area contributed by atoms with Gasteiger partial charge in [-0.2, -0.15) is 5.10 Å². The quantitative estimate of drug-likeness (QED) is 0.829. The van der Waals surface area contributed by atoms with E-state index in [1.54, 1.807) is 0 Å². The van der Waals surface area contributed by atoms with Crippen LogP contribution < -0.4 is 0 Å². The maximum Gasteiger partial charge on any atom is 0.112 e. The van der Waals surface area contributed by atoms with E-state index in [0.29, 0.717) is 0 Å². The van der Waals surface area contributed by atoms with Crippen LogP contribution in [0.5, 0.6) is 0 Å². The lowest BCUT2D eigenvalue weighted by Crippen LogP contribution is -2.31. The van der Waals surface area contributed by atoms with E-state index in [4.69, 9.17) is 4.74 Å². The average molecular weight is 245 g/mol. The highest BCUT2D eigenvalue weighted by Crippen LogP contribution is 2.29. The van der Waals surface area contributed by atoms with Crippen molar-refractivity contribution < 1.29 is 4.74 Å². The SMILES string of the molecule is CCN(C)C[C@H]1OCCn2nc3ccccc3c21. The molecular weight excluding hydrogens is 226 g/mol. The van der Waals surface area contributed by atoms with E-state index in [9.17, 15) is 0 Å². The second kappa shape index (κ2) is 4.71. The molecule has 4 nitrogen and oxygen atoms in total. The zero-order chi connectivity index (χ0) is 12.5. The minimum Gasteiger partial charge on any atom is -0.369 e. The molecule has 2 aromatic rings. The first-order valence-corrected chi connectivity index (χ1v) is 6.55. The summed E-state index contributed by atoms with van der Waals surface area (Å²) >= 11 is 0. The third kappa shape index (κ3) is 1.91. The van der Waals surface area contributed by atoms with Gasteiger partial charge in [-0.3, -0.25) is 4.68 Å². The molecule has 0 spiro atoms. The van der Waals surface area contributed by atoms with Crippen LogP contribution in [0.2, 0.25) is 0 Å². The van der Waals surface area contributed by atoms with E-state index < -0.39 is 0 Å². The van der Waals surface area contributed by atoms with Crippen LogP contribution in [-0.2, 0) is 11.3 Å². The molecule has 1 aliphatic heterocycles. The van der Waals surface area contributed by atoms with Gasteiger partial charge >= 0.3 is 0 Å². The summed E-state index contributed by atoms with van der Waals surface area (Å²) in [4.78, 5) is 2.28. The molecule has 4 heteroatoms. The minimum absolute atomic E-state index is 0.135. The van der Waals surface area contributed by atoms with E-state index in [1.165, 1.54) is 11.1 Å². The minimum atomic E-state index is 0.135. The number of ether oxygens (including phenoxy) is 1. The van der Waals surface area contributed by atoms with Crippen LogP contribution in [-0.4, -0.2) is 41.4 Å². The summed E-state index contributed by atoms with van der Waals surface area (Å²) in [5.41, 5.74) is 2.30. The Morgan fingerprint density at radius 1 is 1.44 bits per heavy atom. The number of hydrogen-bond acceptors (Lipinski definition) is 3. The van der Waals surface area contributed by atoms with Gasteiger partial charge in [0.15, 0.2) is 0 Å². The van der Waals surface area contributed by atoms with E-state index >= 15 is 0 Å². The fourth-order valence-corrected chi connectivity index (χ4v) is 2.52.